The van der Waals surface area contributed by atoms with Crippen molar-refractivity contribution in [1.29, 1.82) is 0 Å². The maximum atomic E-state index is 13.2. The average Bonchev–Trinajstić information content (AvgIpc) is 2.87. The summed E-state index contributed by atoms with van der Waals surface area (Å²) in [6.07, 6.45) is 0.720. The van der Waals surface area contributed by atoms with Crippen molar-refractivity contribution in [2.75, 3.05) is 12.4 Å². The number of urea groups is 1. The number of rotatable bonds is 10. The summed E-state index contributed by atoms with van der Waals surface area (Å²) in [6.45, 7) is 8.36. The van der Waals surface area contributed by atoms with E-state index in [1.165, 1.54) is 18.7 Å². The van der Waals surface area contributed by atoms with Crippen molar-refractivity contribution in [1.82, 2.24) is 4.90 Å². The zero-order valence-corrected chi connectivity index (χ0v) is 22.5. The minimum absolute atomic E-state index is 0.0295. The van der Waals surface area contributed by atoms with Gasteiger partial charge >= 0.3 is 16.1 Å². The van der Waals surface area contributed by atoms with Crippen LogP contribution in [0.5, 0.6) is 11.5 Å². The number of carbonyl (C=O) groups is 1. The van der Waals surface area contributed by atoms with Gasteiger partial charge in [-0.25, -0.2) is 9.18 Å². The Morgan fingerprint density at radius 2 is 1.62 bits per heavy atom. The first-order chi connectivity index (χ1) is 17.5. The molecule has 2 amide bonds. The monoisotopic (exact) mass is 528 g/mol. The van der Waals surface area contributed by atoms with Gasteiger partial charge in [0, 0.05) is 18.3 Å². The molecule has 0 bridgehead atoms. The van der Waals surface area contributed by atoms with Crippen molar-refractivity contribution in [3.8, 4) is 11.5 Å². The number of hydrogen-bond acceptors (Lipinski definition) is 5. The molecule has 198 valence electrons. The van der Waals surface area contributed by atoms with Gasteiger partial charge in [0.05, 0.1) is 7.11 Å². The topological polar surface area (TPSA) is 84.9 Å². The van der Waals surface area contributed by atoms with Crippen molar-refractivity contribution in [3.63, 3.8) is 0 Å². The number of nitrogens with one attached hydrogen (secondary N) is 1. The molecule has 0 heterocycles. The third-order valence-corrected chi connectivity index (χ3v) is 7.34. The number of nitrogens with zero attached hydrogens (tertiary/aromatic N) is 1. The van der Waals surface area contributed by atoms with Gasteiger partial charge in [-0.15, -0.1) is 0 Å². The van der Waals surface area contributed by atoms with Gasteiger partial charge in [0.15, 0.2) is 11.5 Å². The van der Waals surface area contributed by atoms with Crippen LogP contribution in [0.15, 0.2) is 71.6 Å². The fraction of sp³-hybridized carbons (Fsp3) is 0.321. The summed E-state index contributed by atoms with van der Waals surface area (Å²) < 4.78 is 49.4. The Balaban J connectivity index is 1.84. The second-order valence-corrected chi connectivity index (χ2v) is 10.6. The van der Waals surface area contributed by atoms with Crippen LogP contribution < -0.4 is 14.2 Å². The van der Waals surface area contributed by atoms with E-state index in [2.05, 4.69) is 19.2 Å². The first-order valence-corrected chi connectivity index (χ1v) is 13.5. The van der Waals surface area contributed by atoms with Crippen molar-refractivity contribution >= 4 is 21.8 Å². The van der Waals surface area contributed by atoms with E-state index in [1.807, 2.05) is 38.1 Å². The number of ether oxygens (including phenoxy) is 1. The normalized spacial score (nSPS) is 12.2. The molecule has 0 saturated heterocycles. The van der Waals surface area contributed by atoms with Gasteiger partial charge < -0.3 is 19.1 Å². The lowest BCUT2D eigenvalue weighted by Crippen LogP contribution is -2.40. The molecule has 3 aromatic rings. The highest BCUT2D eigenvalue weighted by Crippen LogP contribution is 2.32. The summed E-state index contributed by atoms with van der Waals surface area (Å²) >= 11 is 0. The van der Waals surface area contributed by atoms with Crippen molar-refractivity contribution in [2.45, 2.75) is 57.5 Å². The Morgan fingerprint density at radius 3 is 2.19 bits per heavy atom. The summed E-state index contributed by atoms with van der Waals surface area (Å²) in [6, 6.07) is 16.6. The molecule has 0 fully saturated rings. The van der Waals surface area contributed by atoms with Gasteiger partial charge in [-0.05, 0) is 78.9 Å². The third-order valence-electron chi connectivity index (χ3n) is 6.10. The fourth-order valence-electron chi connectivity index (χ4n) is 3.64. The van der Waals surface area contributed by atoms with Crippen LogP contribution in [0.1, 0.15) is 51.2 Å². The number of halogens is 1. The lowest BCUT2D eigenvalue weighted by molar-refractivity contribution is 0.187. The summed E-state index contributed by atoms with van der Waals surface area (Å²) in [5, 5.41) is 2.95. The van der Waals surface area contributed by atoms with Crippen molar-refractivity contribution in [2.24, 2.45) is 0 Å². The van der Waals surface area contributed by atoms with Crippen LogP contribution in [-0.4, -0.2) is 32.5 Å². The van der Waals surface area contributed by atoms with Crippen LogP contribution in [0.3, 0.4) is 0 Å². The minimum Gasteiger partial charge on any atom is -0.493 e. The molecule has 3 rings (SSSR count). The van der Waals surface area contributed by atoms with Crippen molar-refractivity contribution in [3.05, 3.63) is 83.7 Å². The van der Waals surface area contributed by atoms with Crippen LogP contribution >= 0.6 is 0 Å². The lowest BCUT2D eigenvalue weighted by atomic mass is 10.0. The van der Waals surface area contributed by atoms with E-state index in [0.717, 1.165) is 30.7 Å². The Morgan fingerprint density at radius 1 is 0.973 bits per heavy atom. The maximum Gasteiger partial charge on any atom is 0.339 e. The molecule has 9 heteroatoms. The molecule has 0 aromatic heterocycles. The van der Waals surface area contributed by atoms with Gasteiger partial charge in [0.1, 0.15) is 10.7 Å². The van der Waals surface area contributed by atoms with Gasteiger partial charge in [-0.3, -0.25) is 0 Å². The van der Waals surface area contributed by atoms with E-state index < -0.39 is 15.9 Å². The number of amides is 2. The highest BCUT2D eigenvalue weighted by atomic mass is 32.2. The van der Waals surface area contributed by atoms with E-state index in [4.69, 9.17) is 8.92 Å². The predicted molar refractivity (Wildman–Crippen MR) is 142 cm³/mol. The van der Waals surface area contributed by atoms with Crippen LogP contribution in [0.2, 0.25) is 0 Å². The molecular weight excluding hydrogens is 495 g/mol. The standard InChI is InChI=1S/C28H33FN2O5S/c1-6-20(4)31(28(32)30-24-12-8-22(9-13-24)19(2)3)18-21-7-16-26(35-5)27(17-21)36-37(33,34)25-14-10-23(29)11-15-25/h7-17,19-20H,6,18H2,1-5H3,(H,30,32)/t20-/m1/s1. The molecule has 7 nitrogen and oxygen atoms in total. The Kier molecular flexibility index (Phi) is 9.15. The van der Waals surface area contributed by atoms with Gasteiger partial charge in [-0.2, -0.15) is 8.42 Å². The average molecular weight is 529 g/mol. The van der Waals surface area contributed by atoms with E-state index in [-0.39, 0.29) is 35.0 Å². The first kappa shape index (κ1) is 28.0. The Bertz CT molecular complexity index is 1310. The summed E-state index contributed by atoms with van der Waals surface area (Å²) in [5.41, 5.74) is 2.51. The van der Waals surface area contributed by atoms with E-state index in [1.54, 1.807) is 17.0 Å². The number of carbonyl (C=O) groups excluding carboxylic acids is 1. The zero-order chi connectivity index (χ0) is 27.2. The largest absolute Gasteiger partial charge is 0.493 e. The number of hydrogen-bond donors (Lipinski definition) is 1. The molecule has 1 N–H and O–H groups in total. The van der Waals surface area contributed by atoms with E-state index in [0.29, 0.717) is 17.2 Å². The molecule has 0 aliphatic carbocycles. The number of methoxy groups -OCH3 is 1. The summed E-state index contributed by atoms with van der Waals surface area (Å²) in [7, 11) is -2.84. The first-order valence-electron chi connectivity index (χ1n) is 12.1. The quantitative estimate of drug-likeness (QED) is 0.301. The van der Waals surface area contributed by atoms with Gasteiger partial charge in [0.25, 0.3) is 0 Å². The minimum atomic E-state index is -4.24. The summed E-state index contributed by atoms with van der Waals surface area (Å²) in [5.74, 6) is 0.00913. The second-order valence-electron chi connectivity index (χ2n) is 9.07. The molecule has 0 radical (unpaired) electrons. The molecule has 0 saturated carbocycles. The molecule has 37 heavy (non-hydrogen) atoms. The third kappa shape index (κ3) is 7.22. The molecule has 0 aliphatic heterocycles. The predicted octanol–water partition coefficient (Wildman–Crippen LogP) is 6.56. The zero-order valence-electron chi connectivity index (χ0n) is 21.7. The fourth-order valence-corrected chi connectivity index (χ4v) is 4.58. The van der Waals surface area contributed by atoms with Crippen LogP contribution in [-0.2, 0) is 16.7 Å². The number of benzene rings is 3. The second kappa shape index (κ2) is 12.1. The van der Waals surface area contributed by atoms with Crippen molar-refractivity contribution < 1.29 is 26.5 Å². The summed E-state index contributed by atoms with van der Waals surface area (Å²) in [4.78, 5) is 14.7. The van der Waals surface area contributed by atoms with Crippen LogP contribution in [0.25, 0.3) is 0 Å². The maximum absolute atomic E-state index is 13.2. The Labute approximate surface area is 218 Å². The molecule has 0 spiro atoms. The van der Waals surface area contributed by atoms with Gasteiger partial charge in [-0.1, -0.05) is 39.0 Å². The van der Waals surface area contributed by atoms with Crippen LogP contribution in [0, 0.1) is 5.82 Å². The molecular formula is C28H33FN2O5S. The van der Waals surface area contributed by atoms with E-state index in [9.17, 15) is 17.6 Å². The number of anilines is 1. The molecule has 3 aromatic carbocycles. The molecule has 0 unspecified atom stereocenters. The van der Waals surface area contributed by atoms with Gasteiger partial charge in [0.2, 0.25) is 0 Å². The SMILES string of the molecule is CC[C@@H](C)N(Cc1ccc(OC)c(OS(=O)(=O)c2ccc(F)cc2)c1)C(=O)Nc1ccc(C(C)C)cc1. The Hall–Kier alpha value is -3.59. The smallest absolute Gasteiger partial charge is 0.339 e. The highest BCUT2D eigenvalue weighted by molar-refractivity contribution is 7.87. The van der Waals surface area contributed by atoms with Crippen LogP contribution in [0.4, 0.5) is 14.9 Å². The lowest BCUT2D eigenvalue weighted by Gasteiger charge is -2.29. The molecule has 1 atom stereocenters. The highest BCUT2D eigenvalue weighted by Gasteiger charge is 2.23. The van der Waals surface area contributed by atoms with E-state index >= 15 is 0 Å². The molecule has 0 aliphatic rings.